The lowest BCUT2D eigenvalue weighted by Gasteiger charge is -2.02. The van der Waals surface area contributed by atoms with Crippen LogP contribution in [0.5, 0.6) is 0 Å². The van der Waals surface area contributed by atoms with E-state index in [1.54, 1.807) is 0 Å². The van der Waals surface area contributed by atoms with E-state index in [-0.39, 0.29) is 5.78 Å². The van der Waals surface area contributed by atoms with Gasteiger partial charge in [-0.25, -0.2) is 0 Å². The summed E-state index contributed by atoms with van der Waals surface area (Å²) in [5.74, 6) is 0.0661. The van der Waals surface area contributed by atoms with Crippen molar-refractivity contribution in [3.63, 3.8) is 0 Å². The van der Waals surface area contributed by atoms with Gasteiger partial charge in [0.05, 0.1) is 10.2 Å². The molecule has 0 radical (unpaired) electrons. The normalized spacial score (nSPS) is 10.2. The molecule has 1 N–H and O–H groups in total. The van der Waals surface area contributed by atoms with Gasteiger partial charge >= 0.3 is 0 Å². The molecule has 12 heavy (non-hydrogen) atoms. The maximum absolute atomic E-state index is 11.2. The fourth-order valence-electron chi connectivity index (χ4n) is 0.659. The summed E-state index contributed by atoms with van der Waals surface area (Å²) in [7, 11) is 0. The van der Waals surface area contributed by atoms with E-state index in [0.29, 0.717) is 12.1 Å². The average Bonchev–Trinajstić information content (AvgIpc) is 2.05. The molecule has 0 unspecified atom stereocenters. The number of allylic oxidation sites excluding steroid dienone is 3. The van der Waals surface area contributed by atoms with Crippen molar-refractivity contribution in [2.75, 3.05) is 4.55 Å². The summed E-state index contributed by atoms with van der Waals surface area (Å²) >= 11 is 2.14. The molecule has 0 atom stereocenters. The molecule has 0 saturated carbocycles. The Morgan fingerprint density at radius 2 is 2.25 bits per heavy atom. The van der Waals surface area contributed by atoms with Crippen LogP contribution in [0.3, 0.4) is 0 Å². The smallest absolute Gasteiger partial charge is 0.181 e. The summed E-state index contributed by atoms with van der Waals surface area (Å²) in [6, 6.07) is 0. The zero-order valence-corrected chi connectivity index (χ0v) is 9.43. The van der Waals surface area contributed by atoms with Crippen LogP contribution in [0.1, 0.15) is 19.8 Å². The third-order valence-electron chi connectivity index (χ3n) is 1.32. The molecule has 0 aliphatic rings. The number of Topliss-reactive ketones (excluding diaryl/α,β-unsaturated/α-hetero) is 1. The van der Waals surface area contributed by atoms with Gasteiger partial charge in [0.25, 0.3) is 0 Å². The number of alkyl halides is 1. The van der Waals surface area contributed by atoms with Gasteiger partial charge in [0.2, 0.25) is 0 Å². The molecule has 0 spiro atoms. The van der Waals surface area contributed by atoms with E-state index in [9.17, 15) is 4.79 Å². The molecule has 3 heteroatoms. The minimum absolute atomic E-state index is 0.0661. The Balaban J connectivity index is 3.72. The third-order valence-corrected chi connectivity index (χ3v) is 1.70. The highest BCUT2D eigenvalue weighted by Crippen LogP contribution is 1.96. The van der Waals surface area contributed by atoms with Gasteiger partial charge in [0.15, 0.2) is 5.78 Å². The van der Waals surface area contributed by atoms with E-state index in [2.05, 4.69) is 34.5 Å². The molecule has 0 aromatic rings. The molecule has 68 valence electrons. The van der Waals surface area contributed by atoms with Crippen molar-refractivity contribution in [3.8, 4) is 0 Å². The largest absolute Gasteiger partial charge is 0.374 e. The SMILES string of the molecule is C=C(NCI)C(=O)C/C=C\CC. The molecule has 0 saturated heterocycles. The quantitative estimate of drug-likeness (QED) is 0.266. The first-order valence-corrected chi connectivity index (χ1v) is 5.41. The number of rotatable bonds is 6. The highest BCUT2D eigenvalue weighted by atomic mass is 127. The summed E-state index contributed by atoms with van der Waals surface area (Å²) in [6.45, 7) is 5.66. The Hall–Kier alpha value is -0.320. The molecule has 0 aliphatic carbocycles. The lowest BCUT2D eigenvalue weighted by atomic mass is 10.2. The molecule has 0 aliphatic heterocycles. The van der Waals surface area contributed by atoms with E-state index < -0.39 is 0 Å². The summed E-state index contributed by atoms with van der Waals surface area (Å²) < 4.78 is 0.722. The Morgan fingerprint density at radius 3 is 2.75 bits per heavy atom. The molecule has 0 aromatic carbocycles. The number of carbonyl (C=O) groups excluding carboxylic acids is 1. The van der Waals surface area contributed by atoms with Crippen LogP contribution in [-0.4, -0.2) is 10.3 Å². The van der Waals surface area contributed by atoms with Crippen molar-refractivity contribution in [3.05, 3.63) is 24.4 Å². The zero-order valence-electron chi connectivity index (χ0n) is 7.27. The minimum atomic E-state index is 0.0661. The van der Waals surface area contributed by atoms with E-state index in [1.807, 2.05) is 19.1 Å². The second kappa shape index (κ2) is 7.34. The number of ketones is 1. The van der Waals surface area contributed by atoms with Crippen LogP contribution >= 0.6 is 22.6 Å². The molecule has 0 amide bonds. The van der Waals surface area contributed by atoms with Gasteiger partial charge in [-0.3, -0.25) is 4.79 Å². The first kappa shape index (κ1) is 11.7. The maximum atomic E-state index is 11.2. The maximum Gasteiger partial charge on any atom is 0.181 e. The summed E-state index contributed by atoms with van der Waals surface area (Å²) in [4.78, 5) is 11.2. The van der Waals surface area contributed by atoms with Gasteiger partial charge in [-0.05, 0) is 6.42 Å². The van der Waals surface area contributed by atoms with E-state index in [1.165, 1.54) is 0 Å². The van der Waals surface area contributed by atoms with Crippen molar-refractivity contribution in [1.29, 1.82) is 0 Å². The van der Waals surface area contributed by atoms with Gasteiger partial charge in [0.1, 0.15) is 0 Å². The van der Waals surface area contributed by atoms with Gasteiger partial charge in [-0.15, -0.1) is 0 Å². The Labute approximate surface area is 87.3 Å². The van der Waals surface area contributed by atoms with E-state index >= 15 is 0 Å². The van der Waals surface area contributed by atoms with Crippen LogP contribution in [0.25, 0.3) is 0 Å². The zero-order chi connectivity index (χ0) is 9.40. The van der Waals surface area contributed by atoms with Crippen LogP contribution in [0.4, 0.5) is 0 Å². The molecular formula is C9H14INO. The van der Waals surface area contributed by atoms with Crippen LogP contribution in [-0.2, 0) is 4.79 Å². The van der Waals surface area contributed by atoms with Crippen LogP contribution in [0, 0.1) is 0 Å². The number of hydrogen-bond acceptors (Lipinski definition) is 2. The Morgan fingerprint density at radius 1 is 1.58 bits per heavy atom. The van der Waals surface area contributed by atoms with Crippen molar-refractivity contribution in [2.45, 2.75) is 19.8 Å². The van der Waals surface area contributed by atoms with Crippen molar-refractivity contribution < 1.29 is 4.79 Å². The Kier molecular flexibility index (Phi) is 7.14. The molecule has 0 rings (SSSR count). The standard InChI is InChI=1S/C9H14INO/c1-3-4-5-6-9(12)8(2)11-7-10/h4-5,11H,2-3,6-7H2,1H3/b5-4-. The average molecular weight is 279 g/mol. The fourth-order valence-corrected chi connectivity index (χ4v) is 1.12. The van der Waals surface area contributed by atoms with Crippen molar-refractivity contribution in [1.82, 2.24) is 5.32 Å². The van der Waals surface area contributed by atoms with E-state index in [4.69, 9.17) is 0 Å². The third kappa shape index (κ3) is 5.35. The fraction of sp³-hybridized carbons (Fsp3) is 0.444. The van der Waals surface area contributed by atoms with Gasteiger partial charge < -0.3 is 5.32 Å². The number of nitrogens with one attached hydrogen (secondary N) is 1. The van der Waals surface area contributed by atoms with Crippen molar-refractivity contribution >= 4 is 28.4 Å². The number of hydrogen-bond donors (Lipinski definition) is 1. The minimum Gasteiger partial charge on any atom is -0.374 e. The molecule has 0 aromatic heterocycles. The van der Waals surface area contributed by atoms with E-state index in [0.717, 1.165) is 11.0 Å². The second-order valence-corrected chi connectivity index (χ2v) is 3.06. The highest BCUT2D eigenvalue weighted by Gasteiger charge is 2.02. The summed E-state index contributed by atoms with van der Waals surface area (Å²) in [6.07, 6.45) is 5.29. The molecule has 0 heterocycles. The first-order valence-electron chi connectivity index (χ1n) is 3.89. The summed E-state index contributed by atoms with van der Waals surface area (Å²) in [5.41, 5.74) is 0.505. The highest BCUT2D eigenvalue weighted by molar-refractivity contribution is 14.1. The lowest BCUT2D eigenvalue weighted by molar-refractivity contribution is -0.115. The Bertz CT molecular complexity index is 187. The topological polar surface area (TPSA) is 29.1 Å². The predicted molar refractivity (Wildman–Crippen MR) is 60.2 cm³/mol. The van der Waals surface area contributed by atoms with Crippen molar-refractivity contribution in [2.24, 2.45) is 0 Å². The number of halogens is 1. The monoisotopic (exact) mass is 279 g/mol. The summed E-state index contributed by atoms with van der Waals surface area (Å²) in [5, 5.41) is 2.88. The molecule has 0 bridgehead atoms. The second-order valence-electron chi connectivity index (χ2n) is 2.30. The molecular weight excluding hydrogens is 265 g/mol. The molecule has 2 nitrogen and oxygen atoms in total. The van der Waals surface area contributed by atoms with Crippen LogP contribution < -0.4 is 5.32 Å². The van der Waals surface area contributed by atoms with Gasteiger partial charge in [0, 0.05) is 6.42 Å². The first-order chi connectivity index (χ1) is 5.72. The molecule has 0 fully saturated rings. The lowest BCUT2D eigenvalue weighted by Crippen LogP contribution is -2.16. The van der Waals surface area contributed by atoms with Gasteiger partial charge in [-0.1, -0.05) is 48.2 Å². The van der Waals surface area contributed by atoms with Crippen LogP contribution in [0.15, 0.2) is 24.4 Å². The number of carbonyl (C=O) groups is 1. The van der Waals surface area contributed by atoms with Gasteiger partial charge in [-0.2, -0.15) is 0 Å². The van der Waals surface area contributed by atoms with Crippen LogP contribution in [0.2, 0.25) is 0 Å². The predicted octanol–water partition coefficient (Wildman–Crippen LogP) is 2.41.